The Bertz CT molecular complexity index is 937. The van der Waals surface area contributed by atoms with E-state index < -0.39 is 0 Å². The standard InChI is InChI=1S/C22H19ClO2S2/c1-26-16-9-10-17(18(23)12-16)21(25)19-20(24)13-7-8-14(11-13)22(19)27-15-5-3-2-4-6-15/h2-6,9-10,12-14H,7-8,11H2,1H3. The van der Waals surface area contributed by atoms with E-state index in [1.54, 1.807) is 35.7 Å². The van der Waals surface area contributed by atoms with Crippen molar-refractivity contribution in [1.29, 1.82) is 0 Å². The largest absolute Gasteiger partial charge is 0.294 e. The second-order valence-electron chi connectivity index (χ2n) is 6.90. The molecule has 0 spiro atoms. The molecule has 2 unspecified atom stereocenters. The van der Waals surface area contributed by atoms with Crippen molar-refractivity contribution in [1.82, 2.24) is 0 Å². The average Bonchev–Trinajstić information content (AvgIpc) is 3.13. The maximum Gasteiger partial charge on any atom is 0.198 e. The van der Waals surface area contributed by atoms with Gasteiger partial charge in [0.05, 0.1) is 10.6 Å². The van der Waals surface area contributed by atoms with E-state index in [1.807, 2.05) is 42.7 Å². The molecule has 0 aromatic heterocycles. The summed E-state index contributed by atoms with van der Waals surface area (Å²) in [6, 6.07) is 15.4. The van der Waals surface area contributed by atoms with E-state index in [0.717, 1.165) is 34.0 Å². The Labute approximate surface area is 172 Å². The summed E-state index contributed by atoms with van der Waals surface area (Å²) >= 11 is 9.53. The second-order valence-corrected chi connectivity index (χ2v) is 9.30. The third kappa shape index (κ3) is 3.63. The van der Waals surface area contributed by atoms with Gasteiger partial charge in [-0.1, -0.05) is 41.6 Å². The Balaban J connectivity index is 1.79. The summed E-state index contributed by atoms with van der Waals surface area (Å²) in [5, 5.41) is 0.411. The number of Topliss-reactive ketones (excluding diaryl/α,β-unsaturated/α-hetero) is 2. The Morgan fingerprint density at radius 3 is 2.48 bits per heavy atom. The van der Waals surface area contributed by atoms with E-state index in [-0.39, 0.29) is 17.5 Å². The van der Waals surface area contributed by atoms with Crippen LogP contribution in [0.4, 0.5) is 0 Å². The van der Waals surface area contributed by atoms with Gasteiger partial charge in [0, 0.05) is 26.2 Å². The molecule has 2 aliphatic carbocycles. The number of fused-ring (bicyclic) bond motifs is 2. The van der Waals surface area contributed by atoms with Gasteiger partial charge in [0.1, 0.15) is 0 Å². The fourth-order valence-corrected chi connectivity index (χ4v) is 5.90. The number of benzene rings is 2. The fourth-order valence-electron chi connectivity index (χ4n) is 3.90. The zero-order valence-corrected chi connectivity index (χ0v) is 17.3. The van der Waals surface area contributed by atoms with Crippen LogP contribution in [0.1, 0.15) is 29.6 Å². The van der Waals surface area contributed by atoms with Crippen LogP contribution in [-0.2, 0) is 4.79 Å². The lowest BCUT2D eigenvalue weighted by atomic mass is 9.84. The minimum atomic E-state index is -0.229. The summed E-state index contributed by atoms with van der Waals surface area (Å²) in [6.45, 7) is 0. The molecule has 1 saturated carbocycles. The maximum atomic E-state index is 13.4. The highest BCUT2D eigenvalue weighted by atomic mass is 35.5. The Kier molecular flexibility index (Phi) is 5.49. The highest BCUT2D eigenvalue weighted by Crippen LogP contribution is 2.50. The molecule has 0 amide bonds. The van der Waals surface area contributed by atoms with Crippen LogP contribution in [0.25, 0.3) is 0 Å². The molecule has 2 aliphatic rings. The minimum absolute atomic E-state index is 0.00260. The Morgan fingerprint density at radius 1 is 1.04 bits per heavy atom. The number of halogens is 1. The van der Waals surface area contributed by atoms with Crippen LogP contribution in [0, 0.1) is 11.8 Å². The number of carbonyl (C=O) groups excluding carboxylic acids is 2. The molecule has 138 valence electrons. The molecule has 2 nitrogen and oxygen atoms in total. The van der Waals surface area contributed by atoms with Crippen LogP contribution in [0.5, 0.6) is 0 Å². The van der Waals surface area contributed by atoms with Gasteiger partial charge >= 0.3 is 0 Å². The maximum absolute atomic E-state index is 13.4. The Hall–Kier alpha value is -1.49. The van der Waals surface area contributed by atoms with Crippen molar-refractivity contribution < 1.29 is 9.59 Å². The van der Waals surface area contributed by atoms with E-state index in [1.165, 1.54) is 0 Å². The predicted octanol–water partition coefficient (Wildman–Crippen LogP) is 6.29. The van der Waals surface area contributed by atoms with Gasteiger partial charge in [-0.2, -0.15) is 0 Å². The number of carbonyl (C=O) groups is 2. The first-order valence-electron chi connectivity index (χ1n) is 8.98. The fraction of sp³-hybridized carbons (Fsp3) is 0.273. The van der Waals surface area contributed by atoms with E-state index >= 15 is 0 Å². The Morgan fingerprint density at radius 2 is 1.78 bits per heavy atom. The van der Waals surface area contributed by atoms with Crippen LogP contribution in [-0.4, -0.2) is 17.8 Å². The van der Waals surface area contributed by atoms with Crippen molar-refractivity contribution >= 4 is 46.7 Å². The molecule has 0 radical (unpaired) electrons. The van der Waals surface area contributed by atoms with Gasteiger partial charge < -0.3 is 0 Å². The van der Waals surface area contributed by atoms with Crippen molar-refractivity contribution in [2.45, 2.75) is 29.1 Å². The third-order valence-electron chi connectivity index (χ3n) is 5.29. The summed E-state index contributed by atoms with van der Waals surface area (Å²) in [5.41, 5.74) is 0.784. The number of allylic oxidation sites excluding steroid dienone is 2. The molecule has 0 aliphatic heterocycles. The lowest BCUT2D eigenvalue weighted by molar-refractivity contribution is -0.119. The van der Waals surface area contributed by atoms with E-state index in [0.29, 0.717) is 22.1 Å². The van der Waals surface area contributed by atoms with Crippen molar-refractivity contribution in [3.8, 4) is 0 Å². The van der Waals surface area contributed by atoms with Crippen molar-refractivity contribution in [3.63, 3.8) is 0 Å². The van der Waals surface area contributed by atoms with Gasteiger partial charge in [-0.15, -0.1) is 11.8 Å². The van der Waals surface area contributed by atoms with Gasteiger partial charge in [0.15, 0.2) is 11.6 Å². The molecule has 4 rings (SSSR count). The predicted molar refractivity (Wildman–Crippen MR) is 113 cm³/mol. The SMILES string of the molecule is CSc1ccc(C(=O)C2=C(Sc3ccccc3)C3CCC(C3)C2=O)c(Cl)c1. The highest BCUT2D eigenvalue weighted by molar-refractivity contribution is 8.03. The third-order valence-corrected chi connectivity index (χ3v) is 7.59. The molecule has 1 fully saturated rings. The van der Waals surface area contributed by atoms with Gasteiger partial charge in [-0.25, -0.2) is 0 Å². The summed E-state index contributed by atoms with van der Waals surface area (Å²) in [5.74, 6) is 0.0456. The van der Waals surface area contributed by atoms with Gasteiger partial charge in [0.2, 0.25) is 0 Å². The van der Waals surface area contributed by atoms with Gasteiger partial charge in [0.25, 0.3) is 0 Å². The highest BCUT2D eigenvalue weighted by Gasteiger charge is 2.43. The molecule has 2 bridgehead atoms. The molecule has 5 heteroatoms. The molecular formula is C22H19ClO2S2. The lowest BCUT2D eigenvalue weighted by Crippen LogP contribution is -2.26. The molecular weight excluding hydrogens is 396 g/mol. The lowest BCUT2D eigenvalue weighted by Gasteiger charge is -2.24. The number of rotatable bonds is 5. The van der Waals surface area contributed by atoms with Crippen LogP contribution < -0.4 is 0 Å². The van der Waals surface area contributed by atoms with E-state index in [9.17, 15) is 9.59 Å². The van der Waals surface area contributed by atoms with E-state index in [4.69, 9.17) is 11.6 Å². The molecule has 0 saturated heterocycles. The smallest absolute Gasteiger partial charge is 0.198 e. The molecule has 2 atom stereocenters. The van der Waals surface area contributed by atoms with Crippen LogP contribution >= 0.6 is 35.1 Å². The average molecular weight is 415 g/mol. The zero-order chi connectivity index (χ0) is 19.0. The summed E-state index contributed by atoms with van der Waals surface area (Å²) in [6.07, 6.45) is 4.68. The topological polar surface area (TPSA) is 34.1 Å². The van der Waals surface area contributed by atoms with Crippen LogP contribution in [0.3, 0.4) is 0 Å². The number of hydrogen-bond acceptors (Lipinski definition) is 4. The quantitative estimate of drug-likeness (QED) is 0.327. The zero-order valence-electron chi connectivity index (χ0n) is 14.9. The van der Waals surface area contributed by atoms with Crippen LogP contribution in [0.15, 0.2) is 68.8 Å². The first-order valence-corrected chi connectivity index (χ1v) is 11.4. The first kappa shape index (κ1) is 18.9. The van der Waals surface area contributed by atoms with Gasteiger partial charge in [-0.05, 0) is 61.8 Å². The van der Waals surface area contributed by atoms with Crippen molar-refractivity contribution in [3.05, 3.63) is 69.6 Å². The molecule has 2 aromatic carbocycles. The molecule has 0 heterocycles. The molecule has 2 aromatic rings. The number of ketones is 2. The minimum Gasteiger partial charge on any atom is -0.294 e. The molecule has 0 N–H and O–H groups in total. The van der Waals surface area contributed by atoms with Crippen LogP contribution in [0.2, 0.25) is 5.02 Å². The number of hydrogen-bond donors (Lipinski definition) is 0. The first-order chi connectivity index (χ1) is 13.1. The second kappa shape index (κ2) is 7.86. The summed E-state index contributed by atoms with van der Waals surface area (Å²) in [4.78, 5) is 29.4. The molecule has 27 heavy (non-hydrogen) atoms. The number of thioether (sulfide) groups is 2. The van der Waals surface area contributed by atoms with Crippen molar-refractivity contribution in [2.24, 2.45) is 11.8 Å². The summed E-state index contributed by atoms with van der Waals surface area (Å²) < 4.78 is 0. The normalized spacial score (nSPS) is 21.6. The van der Waals surface area contributed by atoms with Gasteiger partial charge in [-0.3, -0.25) is 9.59 Å². The van der Waals surface area contributed by atoms with Crippen molar-refractivity contribution in [2.75, 3.05) is 6.26 Å². The monoisotopic (exact) mass is 414 g/mol. The summed E-state index contributed by atoms with van der Waals surface area (Å²) in [7, 11) is 0. The van der Waals surface area contributed by atoms with E-state index in [2.05, 4.69) is 0 Å².